The first-order valence-corrected chi connectivity index (χ1v) is 6.17. The van der Waals surface area contributed by atoms with Crippen LogP contribution in [0.15, 0.2) is 0 Å². The minimum absolute atomic E-state index is 0.734. The van der Waals surface area contributed by atoms with E-state index in [2.05, 4.69) is 13.8 Å². The standard InChI is InChI=1S/C7H14O.C6H10/c1-7(2)5-3-4-6-8;1-2-5-4-6(5)3-1/h6-7H,3-5H2,1-2H3;5-6H,1-4H2. The summed E-state index contributed by atoms with van der Waals surface area (Å²) in [7, 11) is 0. The fraction of sp³-hybridized carbons (Fsp3) is 0.923. The highest BCUT2D eigenvalue weighted by atomic mass is 16.1. The highest BCUT2D eigenvalue weighted by molar-refractivity contribution is 5.48. The Hall–Kier alpha value is -0.330. The second-order valence-corrected chi connectivity index (χ2v) is 5.18. The molecule has 1 nitrogen and oxygen atoms in total. The van der Waals surface area contributed by atoms with Crippen LogP contribution < -0.4 is 0 Å². The average molecular weight is 196 g/mol. The Morgan fingerprint density at radius 3 is 2.21 bits per heavy atom. The van der Waals surface area contributed by atoms with Crippen molar-refractivity contribution in [2.24, 2.45) is 17.8 Å². The molecule has 2 rings (SSSR count). The minimum atomic E-state index is 0.734. The minimum Gasteiger partial charge on any atom is -0.303 e. The predicted octanol–water partition coefficient (Wildman–Crippen LogP) is 3.82. The Labute approximate surface area is 88.3 Å². The summed E-state index contributed by atoms with van der Waals surface area (Å²) in [4.78, 5) is 9.79. The molecule has 2 aliphatic rings. The van der Waals surface area contributed by atoms with E-state index in [1.807, 2.05) is 0 Å². The van der Waals surface area contributed by atoms with Gasteiger partial charge < -0.3 is 4.79 Å². The van der Waals surface area contributed by atoms with E-state index in [0.717, 1.165) is 25.0 Å². The molecule has 0 bridgehead atoms. The van der Waals surface area contributed by atoms with Crippen molar-refractivity contribution in [3.8, 4) is 0 Å². The highest BCUT2D eigenvalue weighted by Gasteiger charge is 2.40. The summed E-state index contributed by atoms with van der Waals surface area (Å²) in [5, 5.41) is 0. The van der Waals surface area contributed by atoms with Crippen molar-refractivity contribution >= 4 is 6.29 Å². The normalized spacial score (nSPS) is 27.9. The van der Waals surface area contributed by atoms with Crippen molar-refractivity contribution in [1.82, 2.24) is 0 Å². The Morgan fingerprint density at radius 2 is 1.93 bits per heavy atom. The molecule has 0 saturated heterocycles. The summed E-state index contributed by atoms with van der Waals surface area (Å²) >= 11 is 0. The van der Waals surface area contributed by atoms with Crippen LogP contribution in [0, 0.1) is 17.8 Å². The fourth-order valence-corrected chi connectivity index (χ4v) is 2.27. The maximum absolute atomic E-state index is 9.79. The van der Waals surface area contributed by atoms with Crippen LogP contribution in [0.5, 0.6) is 0 Å². The first kappa shape index (κ1) is 11.7. The number of hydrogen-bond acceptors (Lipinski definition) is 1. The number of hydrogen-bond donors (Lipinski definition) is 0. The van der Waals surface area contributed by atoms with E-state index in [1.54, 1.807) is 19.3 Å². The average Bonchev–Trinajstić information content (AvgIpc) is 2.75. The van der Waals surface area contributed by atoms with Crippen LogP contribution >= 0.6 is 0 Å². The van der Waals surface area contributed by atoms with Gasteiger partial charge in [0.15, 0.2) is 0 Å². The van der Waals surface area contributed by atoms with Crippen molar-refractivity contribution in [1.29, 1.82) is 0 Å². The summed E-state index contributed by atoms with van der Waals surface area (Å²) in [5.74, 6) is 3.17. The van der Waals surface area contributed by atoms with E-state index in [4.69, 9.17) is 0 Å². The zero-order valence-corrected chi connectivity index (χ0v) is 9.67. The van der Waals surface area contributed by atoms with Gasteiger partial charge in [-0.3, -0.25) is 0 Å². The lowest BCUT2D eigenvalue weighted by atomic mass is 10.1. The molecule has 2 aliphatic carbocycles. The van der Waals surface area contributed by atoms with E-state index in [-0.39, 0.29) is 0 Å². The Bertz CT molecular complexity index is 155. The Balaban J connectivity index is 0.000000143. The monoisotopic (exact) mass is 196 g/mol. The summed E-state index contributed by atoms with van der Waals surface area (Å²) in [6, 6.07) is 0. The van der Waals surface area contributed by atoms with Crippen LogP contribution in [0.2, 0.25) is 0 Å². The van der Waals surface area contributed by atoms with Crippen LogP contribution in [-0.4, -0.2) is 6.29 Å². The van der Waals surface area contributed by atoms with Crippen molar-refractivity contribution in [3.63, 3.8) is 0 Å². The van der Waals surface area contributed by atoms with Gasteiger partial charge in [0.1, 0.15) is 6.29 Å². The van der Waals surface area contributed by atoms with Gasteiger partial charge in [0.05, 0.1) is 0 Å². The molecule has 0 spiro atoms. The molecule has 14 heavy (non-hydrogen) atoms. The van der Waals surface area contributed by atoms with Crippen LogP contribution in [0.3, 0.4) is 0 Å². The molecule has 0 amide bonds. The van der Waals surface area contributed by atoms with Crippen molar-refractivity contribution in [2.75, 3.05) is 0 Å². The molecule has 0 aliphatic heterocycles. The zero-order valence-electron chi connectivity index (χ0n) is 9.67. The van der Waals surface area contributed by atoms with Gasteiger partial charge in [0.2, 0.25) is 0 Å². The Kier molecular flexibility index (Phi) is 5.21. The topological polar surface area (TPSA) is 17.1 Å². The van der Waals surface area contributed by atoms with E-state index in [1.165, 1.54) is 24.7 Å². The first-order valence-electron chi connectivity index (χ1n) is 6.17. The fourth-order valence-electron chi connectivity index (χ4n) is 2.27. The van der Waals surface area contributed by atoms with Crippen LogP contribution in [-0.2, 0) is 4.79 Å². The Morgan fingerprint density at radius 1 is 1.29 bits per heavy atom. The van der Waals surface area contributed by atoms with Gasteiger partial charge in [-0.1, -0.05) is 39.5 Å². The smallest absolute Gasteiger partial charge is 0.119 e. The van der Waals surface area contributed by atoms with Crippen molar-refractivity contribution in [3.05, 3.63) is 0 Å². The second kappa shape index (κ2) is 6.21. The molecular weight excluding hydrogens is 172 g/mol. The van der Waals surface area contributed by atoms with Gasteiger partial charge in [-0.05, 0) is 30.6 Å². The lowest BCUT2D eigenvalue weighted by Crippen LogP contribution is -1.86. The quantitative estimate of drug-likeness (QED) is 0.493. The summed E-state index contributed by atoms with van der Waals surface area (Å²) in [5.41, 5.74) is 0. The molecule has 2 unspecified atom stereocenters. The third-order valence-electron chi connectivity index (χ3n) is 3.32. The molecule has 2 saturated carbocycles. The van der Waals surface area contributed by atoms with Gasteiger partial charge >= 0.3 is 0 Å². The van der Waals surface area contributed by atoms with Gasteiger partial charge in [-0.25, -0.2) is 0 Å². The van der Waals surface area contributed by atoms with Crippen LogP contribution in [0.25, 0.3) is 0 Å². The van der Waals surface area contributed by atoms with Gasteiger partial charge in [-0.2, -0.15) is 0 Å². The van der Waals surface area contributed by atoms with Gasteiger partial charge in [0, 0.05) is 6.42 Å². The molecule has 0 aromatic rings. The predicted molar refractivity (Wildman–Crippen MR) is 60.2 cm³/mol. The number of carbonyl (C=O) groups is 1. The van der Waals surface area contributed by atoms with E-state index in [0.29, 0.717) is 0 Å². The molecule has 82 valence electrons. The lowest BCUT2D eigenvalue weighted by Gasteiger charge is -1.98. The third-order valence-corrected chi connectivity index (χ3v) is 3.32. The molecule has 0 aromatic heterocycles. The molecule has 0 heterocycles. The summed E-state index contributed by atoms with van der Waals surface area (Å²) < 4.78 is 0. The van der Waals surface area contributed by atoms with Crippen molar-refractivity contribution in [2.45, 2.75) is 58.8 Å². The summed E-state index contributed by atoms with van der Waals surface area (Å²) in [6.45, 7) is 4.34. The van der Waals surface area contributed by atoms with Crippen LogP contribution in [0.4, 0.5) is 0 Å². The molecule has 2 fully saturated rings. The number of aldehydes is 1. The van der Waals surface area contributed by atoms with Crippen molar-refractivity contribution < 1.29 is 4.79 Å². The number of carbonyl (C=O) groups excluding carboxylic acids is 1. The van der Waals surface area contributed by atoms with E-state index < -0.39 is 0 Å². The molecular formula is C13H24O. The lowest BCUT2D eigenvalue weighted by molar-refractivity contribution is -0.107. The number of unbranched alkanes of at least 4 members (excludes halogenated alkanes) is 1. The molecule has 0 aromatic carbocycles. The molecule has 0 radical (unpaired) electrons. The largest absolute Gasteiger partial charge is 0.303 e. The molecule has 2 atom stereocenters. The SMILES string of the molecule is C1CC2CC2C1.CC(C)CCCC=O. The van der Waals surface area contributed by atoms with E-state index >= 15 is 0 Å². The second-order valence-electron chi connectivity index (χ2n) is 5.18. The van der Waals surface area contributed by atoms with Gasteiger partial charge in [-0.15, -0.1) is 0 Å². The third kappa shape index (κ3) is 4.78. The molecule has 1 heteroatoms. The number of rotatable bonds is 4. The van der Waals surface area contributed by atoms with Crippen LogP contribution in [0.1, 0.15) is 58.8 Å². The summed E-state index contributed by atoms with van der Waals surface area (Å²) in [6.07, 6.45) is 10.2. The molecule has 0 N–H and O–H groups in total. The highest BCUT2D eigenvalue weighted by Crippen LogP contribution is 2.51. The first-order chi connectivity index (χ1) is 6.74. The zero-order chi connectivity index (χ0) is 10.4. The maximum Gasteiger partial charge on any atom is 0.119 e. The maximum atomic E-state index is 9.79. The van der Waals surface area contributed by atoms with E-state index in [9.17, 15) is 4.79 Å². The van der Waals surface area contributed by atoms with Gasteiger partial charge in [0.25, 0.3) is 0 Å². The number of fused-ring (bicyclic) bond motifs is 1.